The molecule has 3 rings (SSSR count). The highest BCUT2D eigenvalue weighted by molar-refractivity contribution is 7.89. The maximum Gasteiger partial charge on any atom is 0.357 e. The molecular formula is C16H19N3O4S. The van der Waals surface area contributed by atoms with E-state index in [4.69, 9.17) is 10.5 Å². The molecule has 1 unspecified atom stereocenters. The molecule has 1 aliphatic rings. The highest BCUT2D eigenvalue weighted by atomic mass is 32.2. The Hall–Kier alpha value is -2.03. The molecule has 1 atom stereocenters. The quantitative estimate of drug-likeness (QED) is 0.754. The van der Waals surface area contributed by atoms with Crippen LogP contribution in [-0.2, 0) is 14.8 Å². The van der Waals surface area contributed by atoms with Gasteiger partial charge in [-0.2, -0.15) is 0 Å². The first kappa shape index (κ1) is 16.8. The summed E-state index contributed by atoms with van der Waals surface area (Å²) in [7, 11) is -2.51. The second-order valence-corrected chi connectivity index (χ2v) is 7.49. The number of aromatic nitrogens is 1. The number of pyridine rings is 1. The van der Waals surface area contributed by atoms with Crippen molar-refractivity contribution < 1.29 is 17.9 Å². The summed E-state index contributed by atoms with van der Waals surface area (Å²) in [5.41, 5.74) is 5.78. The van der Waals surface area contributed by atoms with E-state index < -0.39 is 16.0 Å². The fourth-order valence-corrected chi connectivity index (χ4v) is 4.31. The van der Waals surface area contributed by atoms with Gasteiger partial charge in [0.2, 0.25) is 10.0 Å². The summed E-state index contributed by atoms with van der Waals surface area (Å²) >= 11 is 0. The lowest BCUT2D eigenvalue weighted by atomic mass is 10.1. The molecule has 7 nitrogen and oxygen atoms in total. The second kappa shape index (κ2) is 6.46. The molecule has 1 aromatic heterocycles. The van der Waals surface area contributed by atoms with E-state index in [2.05, 4.69) is 9.71 Å². The van der Waals surface area contributed by atoms with Crippen LogP contribution in [0.3, 0.4) is 0 Å². The molecule has 1 fully saturated rings. The summed E-state index contributed by atoms with van der Waals surface area (Å²) in [6.07, 6.45) is 3.36. The zero-order chi connectivity index (χ0) is 17.3. The largest absolute Gasteiger partial charge is 0.464 e. The number of nitrogens with two attached hydrogens (primary N) is 1. The van der Waals surface area contributed by atoms with E-state index in [-0.39, 0.29) is 23.2 Å². The Morgan fingerprint density at radius 1 is 1.38 bits per heavy atom. The number of hydrogen-bond acceptors (Lipinski definition) is 6. The molecular weight excluding hydrogens is 330 g/mol. The number of methoxy groups -OCH3 is 1. The van der Waals surface area contributed by atoms with Crippen LogP contribution in [0, 0.1) is 5.92 Å². The van der Waals surface area contributed by atoms with Crippen molar-refractivity contribution in [3.63, 3.8) is 0 Å². The lowest BCUT2D eigenvalue weighted by Crippen LogP contribution is -2.41. The van der Waals surface area contributed by atoms with E-state index in [1.807, 2.05) is 0 Å². The second-order valence-electron chi connectivity index (χ2n) is 5.80. The number of carbonyl (C=O) groups is 1. The predicted octanol–water partition coefficient (Wildman–Crippen LogP) is 1.04. The minimum absolute atomic E-state index is 0.0876. The molecule has 3 N–H and O–H groups in total. The molecule has 0 spiro atoms. The molecule has 0 bridgehead atoms. The molecule has 0 aliphatic heterocycles. The number of sulfonamides is 1. The molecule has 1 aliphatic carbocycles. The summed E-state index contributed by atoms with van der Waals surface area (Å²) in [6.45, 7) is 0.254. The third-order valence-corrected chi connectivity index (χ3v) is 5.73. The SMILES string of the molecule is COC(=O)c1nccc2c(S(=O)(=O)NC(CN)C3CC3)cccc12. The first-order valence-electron chi connectivity index (χ1n) is 7.66. The van der Waals surface area contributed by atoms with Crippen LogP contribution in [0.5, 0.6) is 0 Å². The molecule has 0 amide bonds. The summed E-state index contributed by atoms with van der Waals surface area (Å²) in [5, 5.41) is 0.856. The molecule has 24 heavy (non-hydrogen) atoms. The lowest BCUT2D eigenvalue weighted by molar-refractivity contribution is 0.0596. The summed E-state index contributed by atoms with van der Waals surface area (Å²) in [5.74, 6) is -0.312. The number of carbonyl (C=O) groups excluding carboxylic acids is 1. The van der Waals surface area contributed by atoms with Crippen LogP contribution in [0.2, 0.25) is 0 Å². The standard InChI is InChI=1S/C16H19N3O4S/c1-23-16(20)15-12-3-2-4-14(11(12)7-8-18-15)24(21,22)19-13(9-17)10-5-6-10/h2-4,7-8,10,13,19H,5-6,9,17H2,1H3. The van der Waals surface area contributed by atoms with Crippen molar-refractivity contribution in [1.29, 1.82) is 0 Å². The highest BCUT2D eigenvalue weighted by Gasteiger charge is 2.34. The zero-order valence-electron chi connectivity index (χ0n) is 13.2. The monoisotopic (exact) mass is 349 g/mol. The van der Waals surface area contributed by atoms with E-state index in [0.29, 0.717) is 16.7 Å². The van der Waals surface area contributed by atoms with Crippen LogP contribution in [0.25, 0.3) is 10.8 Å². The Morgan fingerprint density at radius 2 is 2.12 bits per heavy atom. The molecule has 128 valence electrons. The predicted molar refractivity (Wildman–Crippen MR) is 89.0 cm³/mol. The average Bonchev–Trinajstić information content (AvgIpc) is 3.42. The van der Waals surface area contributed by atoms with Gasteiger partial charge in [-0.05, 0) is 30.9 Å². The van der Waals surface area contributed by atoms with E-state index in [0.717, 1.165) is 12.8 Å². The Balaban J connectivity index is 2.07. The number of hydrogen-bond donors (Lipinski definition) is 2. The summed E-state index contributed by atoms with van der Waals surface area (Å²) in [6, 6.07) is 6.04. The van der Waals surface area contributed by atoms with Crippen molar-refractivity contribution in [3.05, 3.63) is 36.2 Å². The van der Waals surface area contributed by atoms with Crippen LogP contribution < -0.4 is 10.5 Å². The fourth-order valence-electron chi connectivity index (χ4n) is 2.77. The molecule has 0 saturated heterocycles. The van der Waals surface area contributed by atoms with Gasteiger partial charge in [0.15, 0.2) is 5.69 Å². The Morgan fingerprint density at radius 3 is 2.75 bits per heavy atom. The van der Waals surface area contributed by atoms with Crippen molar-refractivity contribution in [2.24, 2.45) is 11.7 Å². The molecule has 1 aromatic carbocycles. The maximum atomic E-state index is 12.8. The van der Waals surface area contributed by atoms with Gasteiger partial charge in [0.05, 0.1) is 12.0 Å². The minimum atomic E-state index is -3.76. The number of nitrogens with zero attached hydrogens (tertiary/aromatic N) is 1. The van der Waals surface area contributed by atoms with E-state index >= 15 is 0 Å². The van der Waals surface area contributed by atoms with Gasteiger partial charge in [0.25, 0.3) is 0 Å². The smallest absolute Gasteiger partial charge is 0.357 e. The molecule has 1 heterocycles. The van der Waals surface area contributed by atoms with Crippen LogP contribution in [-0.4, -0.2) is 39.1 Å². The van der Waals surface area contributed by atoms with Crippen molar-refractivity contribution >= 4 is 26.8 Å². The first-order valence-corrected chi connectivity index (χ1v) is 9.14. The number of fused-ring (bicyclic) bond motifs is 1. The van der Waals surface area contributed by atoms with E-state index in [1.54, 1.807) is 18.2 Å². The number of benzene rings is 1. The molecule has 2 aromatic rings. The van der Waals surface area contributed by atoms with Gasteiger partial charge in [0, 0.05) is 29.6 Å². The van der Waals surface area contributed by atoms with Gasteiger partial charge in [-0.3, -0.25) is 0 Å². The number of ether oxygens (including phenoxy) is 1. The fraction of sp³-hybridized carbons (Fsp3) is 0.375. The minimum Gasteiger partial charge on any atom is -0.464 e. The molecule has 8 heteroatoms. The van der Waals surface area contributed by atoms with Crippen molar-refractivity contribution in [2.45, 2.75) is 23.8 Å². The van der Waals surface area contributed by atoms with Gasteiger partial charge >= 0.3 is 5.97 Å². The van der Waals surface area contributed by atoms with E-state index in [9.17, 15) is 13.2 Å². The third kappa shape index (κ3) is 3.12. The third-order valence-electron chi connectivity index (χ3n) is 4.19. The number of rotatable bonds is 6. The first-order chi connectivity index (χ1) is 11.5. The van der Waals surface area contributed by atoms with E-state index in [1.165, 1.54) is 19.4 Å². The van der Waals surface area contributed by atoms with Crippen molar-refractivity contribution in [1.82, 2.24) is 9.71 Å². The topological polar surface area (TPSA) is 111 Å². The number of nitrogens with one attached hydrogen (secondary N) is 1. The van der Waals surface area contributed by atoms with Gasteiger partial charge in [-0.1, -0.05) is 12.1 Å². The normalized spacial score (nSPS) is 16.1. The van der Waals surface area contributed by atoms with Crippen molar-refractivity contribution in [2.75, 3.05) is 13.7 Å². The van der Waals surface area contributed by atoms with Gasteiger partial charge < -0.3 is 10.5 Å². The average molecular weight is 349 g/mol. The van der Waals surface area contributed by atoms with Crippen LogP contribution in [0.1, 0.15) is 23.3 Å². The number of esters is 1. The summed E-state index contributed by atoms with van der Waals surface area (Å²) < 4.78 is 33.0. The van der Waals surface area contributed by atoms with Crippen LogP contribution in [0.4, 0.5) is 0 Å². The molecule has 0 radical (unpaired) electrons. The Bertz CT molecular complexity index is 878. The Kier molecular flexibility index (Phi) is 4.53. The van der Waals surface area contributed by atoms with Crippen LogP contribution in [0.15, 0.2) is 35.4 Å². The Labute approximate surface area is 140 Å². The van der Waals surface area contributed by atoms with Gasteiger partial charge in [0.1, 0.15) is 0 Å². The lowest BCUT2D eigenvalue weighted by Gasteiger charge is -2.17. The van der Waals surface area contributed by atoms with Gasteiger partial charge in [-0.15, -0.1) is 0 Å². The zero-order valence-corrected chi connectivity index (χ0v) is 14.0. The highest BCUT2D eigenvalue weighted by Crippen LogP contribution is 2.33. The van der Waals surface area contributed by atoms with Crippen molar-refractivity contribution in [3.8, 4) is 0 Å². The van der Waals surface area contributed by atoms with Gasteiger partial charge in [-0.25, -0.2) is 22.9 Å². The van der Waals surface area contributed by atoms with Crippen LogP contribution >= 0.6 is 0 Å². The summed E-state index contributed by atoms with van der Waals surface area (Å²) in [4.78, 5) is 16.0. The molecule has 1 saturated carbocycles. The maximum absolute atomic E-state index is 12.8.